The molecule has 1 atom stereocenters. The van der Waals surface area contributed by atoms with E-state index in [9.17, 15) is 4.79 Å². The molecule has 100 valence electrons. The molecular formula is C14H22N2O2. The summed E-state index contributed by atoms with van der Waals surface area (Å²) in [5.41, 5.74) is 0.723. The highest BCUT2D eigenvalue weighted by Crippen LogP contribution is 2.16. The molecule has 0 fully saturated rings. The Morgan fingerprint density at radius 1 is 1.28 bits per heavy atom. The number of aliphatic hydroxyl groups is 1. The SMILES string of the molecule is CC(C)(C)NC(=O)N[C@H](CCO)c1ccccc1. The summed E-state index contributed by atoms with van der Waals surface area (Å²) >= 11 is 0. The predicted octanol–water partition coefficient (Wildman–Crippen LogP) is 2.21. The minimum absolute atomic E-state index is 0.0371. The first-order valence-electron chi connectivity index (χ1n) is 6.17. The van der Waals surface area contributed by atoms with Crippen LogP contribution in [0.3, 0.4) is 0 Å². The number of rotatable bonds is 4. The van der Waals surface area contributed by atoms with E-state index in [1.807, 2.05) is 51.1 Å². The summed E-state index contributed by atoms with van der Waals surface area (Å²) in [4.78, 5) is 11.8. The Bertz CT molecular complexity index is 371. The second-order valence-electron chi connectivity index (χ2n) is 5.32. The van der Waals surface area contributed by atoms with Gasteiger partial charge in [-0.25, -0.2) is 4.79 Å². The van der Waals surface area contributed by atoms with Crippen LogP contribution in [0.1, 0.15) is 38.8 Å². The zero-order valence-electron chi connectivity index (χ0n) is 11.2. The number of hydrogen-bond acceptors (Lipinski definition) is 2. The Balaban J connectivity index is 2.67. The highest BCUT2D eigenvalue weighted by Gasteiger charge is 2.17. The van der Waals surface area contributed by atoms with E-state index < -0.39 is 0 Å². The van der Waals surface area contributed by atoms with Crippen molar-refractivity contribution in [3.05, 3.63) is 35.9 Å². The lowest BCUT2D eigenvalue weighted by molar-refractivity contribution is 0.221. The molecule has 0 aromatic heterocycles. The van der Waals surface area contributed by atoms with Crippen LogP contribution < -0.4 is 10.6 Å². The van der Waals surface area contributed by atoms with Gasteiger partial charge in [0.15, 0.2) is 0 Å². The number of aliphatic hydroxyl groups excluding tert-OH is 1. The van der Waals surface area contributed by atoms with Crippen LogP contribution in [0.4, 0.5) is 4.79 Å². The summed E-state index contributed by atoms with van der Waals surface area (Å²) < 4.78 is 0. The van der Waals surface area contributed by atoms with Crippen molar-refractivity contribution in [3.8, 4) is 0 Å². The van der Waals surface area contributed by atoms with Crippen LogP contribution in [0.5, 0.6) is 0 Å². The fraction of sp³-hybridized carbons (Fsp3) is 0.500. The van der Waals surface area contributed by atoms with Crippen LogP contribution in [0, 0.1) is 0 Å². The van der Waals surface area contributed by atoms with Crippen LogP contribution in [0.15, 0.2) is 30.3 Å². The molecule has 1 aromatic rings. The zero-order chi connectivity index (χ0) is 13.6. The van der Waals surface area contributed by atoms with E-state index in [0.29, 0.717) is 6.42 Å². The van der Waals surface area contributed by atoms with Gasteiger partial charge in [-0.1, -0.05) is 30.3 Å². The molecular weight excluding hydrogens is 228 g/mol. The van der Waals surface area contributed by atoms with Crippen molar-refractivity contribution < 1.29 is 9.90 Å². The summed E-state index contributed by atoms with van der Waals surface area (Å²) in [6, 6.07) is 9.26. The Kier molecular flexibility index (Phi) is 5.16. The van der Waals surface area contributed by atoms with Crippen molar-refractivity contribution in [1.82, 2.24) is 10.6 Å². The van der Waals surface area contributed by atoms with E-state index in [1.54, 1.807) is 0 Å². The second-order valence-corrected chi connectivity index (χ2v) is 5.32. The highest BCUT2D eigenvalue weighted by atomic mass is 16.3. The van der Waals surface area contributed by atoms with Crippen LogP contribution >= 0.6 is 0 Å². The smallest absolute Gasteiger partial charge is 0.315 e. The third kappa shape index (κ3) is 5.19. The van der Waals surface area contributed by atoms with E-state index >= 15 is 0 Å². The number of carbonyl (C=O) groups is 1. The summed E-state index contributed by atoms with van der Waals surface area (Å²) in [7, 11) is 0. The van der Waals surface area contributed by atoms with Crippen molar-refractivity contribution >= 4 is 6.03 Å². The summed E-state index contributed by atoms with van der Waals surface area (Å²) in [6.07, 6.45) is 0.502. The Hall–Kier alpha value is -1.55. The number of benzene rings is 1. The Morgan fingerprint density at radius 2 is 1.89 bits per heavy atom. The van der Waals surface area contributed by atoms with Crippen molar-refractivity contribution in [3.63, 3.8) is 0 Å². The van der Waals surface area contributed by atoms with Crippen LogP contribution in [-0.2, 0) is 0 Å². The summed E-state index contributed by atoms with van der Waals surface area (Å²) in [5.74, 6) is 0. The molecule has 2 amide bonds. The Labute approximate surface area is 108 Å². The number of nitrogens with one attached hydrogen (secondary N) is 2. The van der Waals surface area contributed by atoms with Crippen molar-refractivity contribution in [1.29, 1.82) is 0 Å². The van der Waals surface area contributed by atoms with Gasteiger partial charge in [0, 0.05) is 12.1 Å². The number of hydrogen-bond donors (Lipinski definition) is 3. The molecule has 4 heteroatoms. The quantitative estimate of drug-likeness (QED) is 0.767. The van der Waals surface area contributed by atoms with E-state index in [2.05, 4.69) is 10.6 Å². The molecule has 18 heavy (non-hydrogen) atoms. The molecule has 4 nitrogen and oxygen atoms in total. The molecule has 0 radical (unpaired) electrons. The predicted molar refractivity (Wildman–Crippen MR) is 72.3 cm³/mol. The number of amides is 2. The molecule has 0 heterocycles. The molecule has 0 spiro atoms. The lowest BCUT2D eigenvalue weighted by atomic mass is 10.0. The fourth-order valence-electron chi connectivity index (χ4n) is 1.67. The van der Waals surface area contributed by atoms with Crippen LogP contribution in [-0.4, -0.2) is 23.3 Å². The molecule has 0 aliphatic heterocycles. The van der Waals surface area contributed by atoms with E-state index in [-0.39, 0.29) is 24.2 Å². The first-order chi connectivity index (χ1) is 8.42. The second kappa shape index (κ2) is 6.40. The topological polar surface area (TPSA) is 61.4 Å². The molecule has 3 N–H and O–H groups in total. The van der Waals surface area contributed by atoms with Gasteiger partial charge in [0.2, 0.25) is 0 Å². The maximum atomic E-state index is 11.8. The average Bonchev–Trinajstić information content (AvgIpc) is 2.27. The summed E-state index contributed by atoms with van der Waals surface area (Å²) in [5, 5.41) is 14.8. The van der Waals surface area contributed by atoms with Gasteiger partial charge in [0.25, 0.3) is 0 Å². The molecule has 0 bridgehead atoms. The maximum absolute atomic E-state index is 11.8. The van der Waals surface area contributed by atoms with Crippen molar-refractivity contribution in [2.24, 2.45) is 0 Å². The number of carbonyl (C=O) groups excluding carboxylic acids is 1. The minimum Gasteiger partial charge on any atom is -0.396 e. The molecule has 1 rings (SSSR count). The molecule has 0 aliphatic carbocycles. The largest absolute Gasteiger partial charge is 0.396 e. The lowest BCUT2D eigenvalue weighted by Crippen LogP contribution is -2.47. The van der Waals surface area contributed by atoms with E-state index in [0.717, 1.165) is 5.56 Å². The Morgan fingerprint density at radius 3 is 2.39 bits per heavy atom. The molecule has 0 aliphatic rings. The zero-order valence-corrected chi connectivity index (χ0v) is 11.2. The third-order valence-corrected chi connectivity index (χ3v) is 2.41. The van der Waals surface area contributed by atoms with Crippen LogP contribution in [0.25, 0.3) is 0 Å². The van der Waals surface area contributed by atoms with Gasteiger partial charge in [0.1, 0.15) is 0 Å². The highest BCUT2D eigenvalue weighted by molar-refractivity contribution is 5.75. The summed E-state index contributed by atoms with van der Waals surface area (Å²) in [6.45, 7) is 5.82. The fourth-order valence-corrected chi connectivity index (χ4v) is 1.67. The number of urea groups is 1. The van der Waals surface area contributed by atoms with Crippen LogP contribution in [0.2, 0.25) is 0 Å². The van der Waals surface area contributed by atoms with Gasteiger partial charge in [0.05, 0.1) is 6.04 Å². The third-order valence-electron chi connectivity index (χ3n) is 2.41. The normalized spacial score (nSPS) is 12.9. The van der Waals surface area contributed by atoms with Gasteiger partial charge in [-0.2, -0.15) is 0 Å². The van der Waals surface area contributed by atoms with E-state index in [1.165, 1.54) is 0 Å². The minimum atomic E-state index is -0.273. The maximum Gasteiger partial charge on any atom is 0.315 e. The van der Waals surface area contributed by atoms with Gasteiger partial charge in [-0.3, -0.25) is 0 Å². The van der Waals surface area contributed by atoms with Crippen molar-refractivity contribution in [2.75, 3.05) is 6.61 Å². The van der Waals surface area contributed by atoms with Gasteiger partial charge in [-0.15, -0.1) is 0 Å². The lowest BCUT2D eigenvalue weighted by Gasteiger charge is -2.24. The molecule has 0 saturated heterocycles. The molecule has 1 aromatic carbocycles. The molecule has 0 unspecified atom stereocenters. The first-order valence-corrected chi connectivity index (χ1v) is 6.17. The average molecular weight is 250 g/mol. The van der Waals surface area contributed by atoms with E-state index in [4.69, 9.17) is 5.11 Å². The van der Waals surface area contributed by atoms with Crippen molar-refractivity contribution in [2.45, 2.75) is 38.8 Å². The van der Waals surface area contributed by atoms with Gasteiger partial charge >= 0.3 is 6.03 Å². The molecule has 0 saturated carbocycles. The van der Waals surface area contributed by atoms with Gasteiger partial charge < -0.3 is 15.7 Å². The standard InChI is InChI=1S/C14H22N2O2/c1-14(2,3)16-13(18)15-12(9-10-17)11-7-5-4-6-8-11/h4-8,12,17H,9-10H2,1-3H3,(H2,15,16,18)/t12-/m1/s1. The van der Waals surface area contributed by atoms with Gasteiger partial charge in [-0.05, 0) is 32.8 Å². The first kappa shape index (κ1) is 14.5. The monoisotopic (exact) mass is 250 g/mol.